The van der Waals surface area contributed by atoms with Crippen LogP contribution >= 0.6 is 11.3 Å². The third-order valence-corrected chi connectivity index (χ3v) is 19.3. The molecule has 2 heteroatoms. The number of hydrogen-bond donors (Lipinski definition) is 0. The van der Waals surface area contributed by atoms with E-state index in [2.05, 4.69) is 520 Å². The molecule has 0 spiro atoms. The first-order chi connectivity index (χ1) is 58.4. The summed E-state index contributed by atoms with van der Waals surface area (Å²) in [6, 6.07) is 136. The van der Waals surface area contributed by atoms with Crippen LogP contribution in [0.15, 0.2) is 393 Å². The van der Waals surface area contributed by atoms with Crippen molar-refractivity contribution in [2.24, 2.45) is 32.5 Å². The summed E-state index contributed by atoms with van der Waals surface area (Å²) in [4.78, 5) is 0. The highest BCUT2D eigenvalue weighted by Gasteiger charge is 2.45. The van der Waals surface area contributed by atoms with Crippen molar-refractivity contribution in [1.29, 1.82) is 0 Å². The first kappa shape index (κ1) is 98.0. The summed E-state index contributed by atoms with van der Waals surface area (Å²) >= 11 is 1.86. The molecule has 0 unspecified atom stereocenters. The molecule has 0 atom stereocenters. The fourth-order valence-corrected chi connectivity index (χ4v) is 14.9. The Morgan fingerprint density at radius 2 is 0.419 bits per heavy atom. The Kier molecular flexibility index (Phi) is 35.4. The Morgan fingerprint density at radius 1 is 0.194 bits per heavy atom. The van der Waals surface area contributed by atoms with Gasteiger partial charge in [-0.05, 0) is 145 Å². The zero-order valence-electron chi connectivity index (χ0n) is 79.8. The van der Waals surface area contributed by atoms with E-state index in [0.717, 1.165) is 11.2 Å². The molecule has 2 aromatic heterocycles. The molecule has 2 aliphatic rings. The molecule has 0 aliphatic heterocycles. The molecule has 17 aromatic rings. The standard InChI is InChI=1S/C25H18.C16H12.C15H14.C12H8O.C12H8S.C12H10.6C5H12/c1-3-11-19(12-4-1)25(20-13-5-2-6-14-20)23-17-9-7-15-21(23)22-16-8-10-18-24(22)25;1-2-7-13(8-3-1)16-12-6-10-14-9-4-5-11-15(14)16;1-15(2)13-9-5-3-7-11(13)12-8-4-6-10-14(12)15;2*1-3-7-11-9(5-1)10-6-2-4-8-12(10)13-11;1-3-7-11(8-4-1)12-9-5-2-6-10-12;6*1-5(2,3)4/h1-18H;1-12H;3-10H,1-2H3;2*1-8H;1-10H;6*1-4H3. The van der Waals surface area contributed by atoms with E-state index in [1.807, 2.05) is 59.9 Å². The molecule has 15 aromatic carbocycles. The Labute approximate surface area is 752 Å². The zero-order chi connectivity index (χ0) is 90.5. The van der Waals surface area contributed by atoms with E-state index in [9.17, 15) is 0 Å². The molecule has 19 rings (SSSR count). The Bertz CT molecular complexity index is 5480. The van der Waals surface area contributed by atoms with Crippen molar-refractivity contribution in [2.75, 3.05) is 0 Å². The quantitative estimate of drug-likeness (QED) is 0.171. The molecule has 124 heavy (non-hydrogen) atoms. The highest BCUT2D eigenvalue weighted by atomic mass is 32.1. The number of furan rings is 1. The van der Waals surface area contributed by atoms with E-state index in [1.165, 1.54) is 120 Å². The van der Waals surface area contributed by atoms with Gasteiger partial charge in [0.2, 0.25) is 0 Å². The predicted octanol–water partition coefficient (Wildman–Crippen LogP) is 37.9. The first-order valence-electron chi connectivity index (χ1n) is 44.3. The lowest BCUT2D eigenvalue weighted by molar-refractivity contribution is 0.469. The number of fused-ring (bicyclic) bond motifs is 13. The molecule has 0 N–H and O–H groups in total. The largest absolute Gasteiger partial charge is 0.456 e. The van der Waals surface area contributed by atoms with Gasteiger partial charge in [-0.2, -0.15) is 0 Å². The van der Waals surface area contributed by atoms with Gasteiger partial charge in [0.15, 0.2) is 0 Å². The van der Waals surface area contributed by atoms with E-state index < -0.39 is 0 Å². The van der Waals surface area contributed by atoms with Crippen LogP contribution in [0.4, 0.5) is 0 Å². The molecule has 2 aliphatic carbocycles. The van der Waals surface area contributed by atoms with Crippen molar-refractivity contribution in [3.63, 3.8) is 0 Å². The topological polar surface area (TPSA) is 13.1 Å². The van der Waals surface area contributed by atoms with Crippen LogP contribution in [-0.4, -0.2) is 0 Å². The normalized spacial score (nSPS) is 12.2. The molecular weight excluding hydrogens is 1510 g/mol. The number of thiophene rings is 1. The highest BCUT2D eigenvalue weighted by molar-refractivity contribution is 7.25. The van der Waals surface area contributed by atoms with Crippen LogP contribution in [0.3, 0.4) is 0 Å². The van der Waals surface area contributed by atoms with Crippen molar-refractivity contribution >= 4 is 64.2 Å². The number of para-hydroxylation sites is 2. The molecule has 0 saturated carbocycles. The van der Waals surface area contributed by atoms with Gasteiger partial charge < -0.3 is 4.42 Å². The second-order valence-electron chi connectivity index (χ2n) is 42.1. The fraction of sp³-hybridized carbons (Fsp3) is 0.279. The molecule has 1 nitrogen and oxygen atoms in total. The summed E-state index contributed by atoms with van der Waals surface area (Å²) < 4.78 is 8.41. The zero-order valence-corrected chi connectivity index (χ0v) is 80.6. The van der Waals surface area contributed by atoms with Crippen LogP contribution in [0.5, 0.6) is 0 Å². The second-order valence-corrected chi connectivity index (χ2v) is 43.2. The average Bonchev–Trinajstić information content (AvgIpc) is 1.54. The third kappa shape index (κ3) is 31.4. The second kappa shape index (κ2) is 44.8. The van der Waals surface area contributed by atoms with E-state index in [-0.39, 0.29) is 10.8 Å². The van der Waals surface area contributed by atoms with Crippen LogP contribution in [-0.2, 0) is 10.8 Å². The fourth-order valence-electron chi connectivity index (χ4n) is 13.8. The molecule has 0 amide bonds. The van der Waals surface area contributed by atoms with Crippen molar-refractivity contribution < 1.29 is 4.42 Å². The van der Waals surface area contributed by atoms with Gasteiger partial charge in [-0.3, -0.25) is 0 Å². The van der Waals surface area contributed by atoms with Crippen LogP contribution < -0.4 is 0 Å². The minimum Gasteiger partial charge on any atom is -0.456 e. The van der Waals surface area contributed by atoms with E-state index in [4.69, 9.17) is 4.42 Å². The molecule has 642 valence electrons. The molecule has 2 heterocycles. The van der Waals surface area contributed by atoms with Crippen molar-refractivity contribution in [1.82, 2.24) is 0 Å². The average molecular weight is 1660 g/mol. The molecule has 0 saturated heterocycles. The van der Waals surface area contributed by atoms with Gasteiger partial charge in [0, 0.05) is 36.4 Å². The summed E-state index contributed by atoms with van der Waals surface area (Å²) in [7, 11) is 0. The monoisotopic (exact) mass is 1660 g/mol. The van der Waals surface area contributed by atoms with E-state index in [1.54, 1.807) is 0 Å². The molecule has 0 fully saturated rings. The lowest BCUT2D eigenvalue weighted by Crippen LogP contribution is -2.28. The van der Waals surface area contributed by atoms with Crippen LogP contribution in [0, 0.1) is 32.5 Å². The van der Waals surface area contributed by atoms with Gasteiger partial charge in [0.05, 0.1) is 5.41 Å². The van der Waals surface area contributed by atoms with E-state index in [0.29, 0.717) is 32.5 Å². The Hall–Kier alpha value is -11.4. The molecule has 0 bridgehead atoms. The smallest absolute Gasteiger partial charge is 0.135 e. The lowest BCUT2D eigenvalue weighted by Gasteiger charge is -2.33. The summed E-state index contributed by atoms with van der Waals surface area (Å²) in [5, 5.41) is 7.75. The van der Waals surface area contributed by atoms with Crippen molar-refractivity contribution in [3.8, 4) is 44.5 Å². The minimum absolute atomic E-state index is 0.160. The Balaban J connectivity index is 0.000000175. The van der Waals surface area contributed by atoms with Crippen molar-refractivity contribution in [2.45, 2.75) is 191 Å². The maximum Gasteiger partial charge on any atom is 0.135 e. The summed E-state index contributed by atoms with van der Waals surface area (Å²) in [6.45, 7) is 57.1. The SMILES string of the molecule is CC(C)(C)C.CC(C)(C)C.CC(C)(C)C.CC(C)(C)C.CC(C)(C)C.CC(C)(C)C.CC1(C)c2ccccc2-c2ccccc21.c1ccc(-c2cccc3ccccc23)cc1.c1ccc(-c2ccccc2)cc1.c1ccc(C2(c3ccccc3)c3ccccc3-c3ccccc32)cc1.c1ccc2c(c1)oc1ccccc12.c1ccc2c(c1)sc1ccccc12. The van der Waals surface area contributed by atoms with Crippen LogP contribution in [0.2, 0.25) is 0 Å². The number of rotatable bonds is 4. The summed E-state index contributed by atoms with van der Waals surface area (Å²) in [5.74, 6) is 0. The summed E-state index contributed by atoms with van der Waals surface area (Å²) in [6.07, 6.45) is 0. The van der Waals surface area contributed by atoms with Crippen LogP contribution in [0.25, 0.3) is 97.4 Å². The predicted molar refractivity (Wildman–Crippen MR) is 553 cm³/mol. The van der Waals surface area contributed by atoms with Gasteiger partial charge in [-0.25, -0.2) is 0 Å². The first-order valence-corrected chi connectivity index (χ1v) is 45.1. The van der Waals surface area contributed by atoms with Crippen molar-refractivity contribution in [3.05, 3.63) is 422 Å². The van der Waals surface area contributed by atoms with Gasteiger partial charge in [-0.1, -0.05) is 544 Å². The number of hydrogen-bond acceptors (Lipinski definition) is 2. The molecule has 0 radical (unpaired) electrons. The summed E-state index contributed by atoms with van der Waals surface area (Å²) in [5.41, 5.74) is 23.7. The molecular formula is C122H142OS. The number of benzene rings is 15. The highest BCUT2D eigenvalue weighted by Crippen LogP contribution is 2.56. The van der Waals surface area contributed by atoms with Crippen LogP contribution in [0.1, 0.15) is 213 Å². The van der Waals surface area contributed by atoms with Gasteiger partial charge >= 0.3 is 0 Å². The Morgan fingerprint density at radius 3 is 0.758 bits per heavy atom. The lowest BCUT2D eigenvalue weighted by atomic mass is 9.68. The maximum atomic E-state index is 5.65. The minimum atomic E-state index is -0.254. The third-order valence-electron chi connectivity index (χ3n) is 18.2. The van der Waals surface area contributed by atoms with Gasteiger partial charge in [0.1, 0.15) is 11.2 Å². The van der Waals surface area contributed by atoms with E-state index >= 15 is 0 Å². The van der Waals surface area contributed by atoms with Gasteiger partial charge in [-0.15, -0.1) is 11.3 Å². The maximum absolute atomic E-state index is 5.65. The van der Waals surface area contributed by atoms with Gasteiger partial charge in [0.25, 0.3) is 0 Å².